The highest BCUT2D eigenvalue weighted by Gasteiger charge is 2.66. The van der Waals surface area contributed by atoms with Crippen molar-refractivity contribution in [1.82, 2.24) is 4.90 Å². The zero-order valence-electron chi connectivity index (χ0n) is 30.3. The van der Waals surface area contributed by atoms with E-state index in [4.69, 9.17) is 14.2 Å². The summed E-state index contributed by atoms with van der Waals surface area (Å²) in [5.41, 5.74) is 1.88. The van der Waals surface area contributed by atoms with Crippen LogP contribution in [0.25, 0.3) is 0 Å². The van der Waals surface area contributed by atoms with Gasteiger partial charge in [-0.05, 0) is 72.8 Å². The highest BCUT2D eigenvalue weighted by atomic mass is 28.3. The van der Waals surface area contributed by atoms with Gasteiger partial charge in [-0.1, -0.05) is 49.5 Å². The fourth-order valence-corrected chi connectivity index (χ4v) is 13.3. The Morgan fingerprint density at radius 2 is 1.67 bits per heavy atom. The molecule has 0 aromatic heterocycles. The number of fused-ring (bicyclic) bond motifs is 2. The fourth-order valence-electron chi connectivity index (χ4n) is 9.30. The van der Waals surface area contributed by atoms with Gasteiger partial charge in [0.25, 0.3) is 5.91 Å². The molecule has 3 aromatic carbocycles. The summed E-state index contributed by atoms with van der Waals surface area (Å²) in [5.74, 6) is 1.06. The van der Waals surface area contributed by atoms with E-state index in [0.29, 0.717) is 25.3 Å². The molecule has 7 rings (SSSR count). The number of rotatable bonds is 10. The van der Waals surface area contributed by atoms with Crippen molar-refractivity contribution in [3.8, 4) is 11.5 Å². The van der Waals surface area contributed by atoms with Crippen LogP contribution in [0.15, 0.2) is 66.7 Å². The maximum atomic E-state index is 15.2. The minimum atomic E-state index is -2.46. The number of benzene rings is 3. The molecule has 0 radical (unpaired) electrons. The van der Waals surface area contributed by atoms with Gasteiger partial charge in [0, 0.05) is 36.7 Å². The van der Waals surface area contributed by atoms with E-state index in [1.807, 2.05) is 64.4 Å². The van der Waals surface area contributed by atoms with Gasteiger partial charge < -0.3 is 34.0 Å². The Morgan fingerprint density at radius 1 is 0.961 bits per heavy atom. The number of likely N-dealkylation sites (tertiary alicyclic amines) is 1. The Labute approximate surface area is 301 Å². The number of carbonyl (C=O) groups is 3. The Kier molecular flexibility index (Phi) is 9.49. The van der Waals surface area contributed by atoms with Gasteiger partial charge in [-0.3, -0.25) is 14.4 Å². The van der Waals surface area contributed by atoms with E-state index in [9.17, 15) is 14.7 Å². The van der Waals surface area contributed by atoms with Crippen molar-refractivity contribution in [2.75, 3.05) is 43.7 Å². The lowest BCUT2D eigenvalue weighted by molar-refractivity contribution is -0.150. The third-order valence-corrected chi connectivity index (χ3v) is 16.3. The van der Waals surface area contributed by atoms with E-state index >= 15 is 4.79 Å². The molecule has 3 fully saturated rings. The average Bonchev–Trinajstić information content (AvgIpc) is 3.91. The topological polar surface area (TPSA) is 109 Å². The van der Waals surface area contributed by atoms with Crippen LogP contribution in [0.3, 0.4) is 0 Å². The number of ether oxygens (including phenoxy) is 3. The van der Waals surface area contributed by atoms with Crippen molar-refractivity contribution in [2.45, 2.75) is 82.0 Å². The zero-order valence-corrected chi connectivity index (χ0v) is 31.3. The predicted molar refractivity (Wildman–Crippen MR) is 198 cm³/mol. The second-order valence-electron chi connectivity index (χ2n) is 15.0. The predicted octanol–water partition coefficient (Wildman–Crippen LogP) is 4.97. The zero-order chi connectivity index (χ0) is 36.1. The molecular weight excluding hydrogens is 663 g/mol. The van der Waals surface area contributed by atoms with E-state index in [0.717, 1.165) is 54.1 Å². The highest BCUT2D eigenvalue weighted by Crippen LogP contribution is 2.60. The molecule has 1 N–H and O–H groups in total. The van der Waals surface area contributed by atoms with Gasteiger partial charge >= 0.3 is 0 Å². The normalized spacial score (nSPS) is 26.0. The van der Waals surface area contributed by atoms with Crippen LogP contribution in [-0.4, -0.2) is 81.9 Å². The van der Waals surface area contributed by atoms with Crippen molar-refractivity contribution >= 4 is 42.4 Å². The first kappa shape index (κ1) is 35.2. The number of aliphatic hydroxyl groups is 1. The molecule has 270 valence electrons. The summed E-state index contributed by atoms with van der Waals surface area (Å²) >= 11 is 0. The lowest BCUT2D eigenvalue weighted by Crippen LogP contribution is -2.52. The maximum absolute atomic E-state index is 15.2. The first-order valence-electron chi connectivity index (χ1n) is 18.2. The van der Waals surface area contributed by atoms with Gasteiger partial charge in [0.2, 0.25) is 11.8 Å². The van der Waals surface area contributed by atoms with Gasteiger partial charge in [0.1, 0.15) is 11.5 Å². The maximum Gasteiger partial charge on any atom is 0.264 e. The van der Waals surface area contributed by atoms with E-state index in [-0.39, 0.29) is 48.3 Å². The van der Waals surface area contributed by atoms with Crippen LogP contribution in [0.2, 0.25) is 18.6 Å². The molecule has 0 unspecified atom stereocenters. The van der Waals surface area contributed by atoms with Crippen LogP contribution in [-0.2, 0) is 31.3 Å². The van der Waals surface area contributed by atoms with Crippen LogP contribution in [0.4, 0.5) is 11.4 Å². The third-order valence-electron chi connectivity index (χ3n) is 12.0. The molecule has 0 saturated carbocycles. The van der Waals surface area contributed by atoms with E-state index in [2.05, 4.69) is 32.2 Å². The lowest BCUT2D eigenvalue weighted by atomic mass is 9.82. The molecule has 51 heavy (non-hydrogen) atoms. The molecule has 1 spiro atoms. The van der Waals surface area contributed by atoms with Crippen LogP contribution in [0.5, 0.6) is 11.5 Å². The molecule has 3 saturated heterocycles. The van der Waals surface area contributed by atoms with E-state index < -0.39 is 19.8 Å². The van der Waals surface area contributed by atoms with Crippen LogP contribution in [0, 0.1) is 5.92 Å². The van der Waals surface area contributed by atoms with Crippen molar-refractivity contribution in [1.29, 1.82) is 0 Å². The minimum Gasteiger partial charge on any atom is -0.497 e. The monoisotopic (exact) mass is 711 g/mol. The first-order valence-corrected chi connectivity index (χ1v) is 21.2. The number of amides is 3. The summed E-state index contributed by atoms with van der Waals surface area (Å²) in [4.78, 5) is 47.0. The number of hydrogen-bond donors (Lipinski definition) is 1. The smallest absolute Gasteiger partial charge is 0.264 e. The highest BCUT2D eigenvalue weighted by molar-refractivity contribution is 6.91. The van der Waals surface area contributed by atoms with Gasteiger partial charge in [-0.15, -0.1) is 0 Å². The molecule has 4 heterocycles. The molecular formula is C40H49N3O7Si. The quantitative estimate of drug-likeness (QED) is 0.296. The Balaban J connectivity index is 1.28. The first-order chi connectivity index (χ1) is 24.5. The van der Waals surface area contributed by atoms with Crippen LogP contribution >= 0.6 is 0 Å². The molecule has 3 aromatic rings. The van der Waals surface area contributed by atoms with Gasteiger partial charge in [-0.25, -0.2) is 0 Å². The summed E-state index contributed by atoms with van der Waals surface area (Å²) < 4.78 is 18.4. The van der Waals surface area contributed by atoms with E-state index in [1.54, 1.807) is 19.1 Å². The van der Waals surface area contributed by atoms with Crippen LogP contribution in [0.1, 0.15) is 50.2 Å². The molecule has 0 bridgehead atoms. The summed E-state index contributed by atoms with van der Waals surface area (Å²) in [7, 11) is 0.808. The number of aliphatic hydroxyl groups excluding tert-OH is 1. The summed E-state index contributed by atoms with van der Waals surface area (Å²) in [6.07, 6.45) is 2.65. The lowest BCUT2D eigenvalue weighted by Gasteiger charge is -2.37. The second-order valence-corrected chi connectivity index (χ2v) is 19.7. The second kappa shape index (κ2) is 13.7. The van der Waals surface area contributed by atoms with Crippen molar-refractivity contribution in [3.63, 3.8) is 0 Å². The van der Waals surface area contributed by atoms with Gasteiger partial charge in [0.05, 0.1) is 59.7 Å². The molecule has 5 atom stereocenters. The number of carbonyl (C=O) groups excluding carboxylic acids is 3. The standard InChI is InChI=1S/C40H49N3O7Si/c1-26-38(51(4,5)32-17-14-30(48-2)15-18-32)35(23-37(46)42-20-6-8-29(42)25-44)50-40(26)33-22-31(49-3)16-19-34(33)43(39(40)47)24-27-10-12-28(13-11-27)41-21-7-9-36(41)45/h10-19,22,26,29,35,38,44H,6-9,20-21,23-25H2,1-5H3/t26-,29+,35+,38-,40+/m1/s1. The minimum absolute atomic E-state index is 0.0462. The van der Waals surface area contributed by atoms with Crippen LogP contribution < -0.4 is 24.5 Å². The van der Waals surface area contributed by atoms with Gasteiger partial charge in [-0.2, -0.15) is 0 Å². The molecule has 10 nitrogen and oxygen atoms in total. The Hall–Kier alpha value is -4.19. The number of anilines is 2. The third kappa shape index (κ3) is 5.92. The summed E-state index contributed by atoms with van der Waals surface area (Å²) in [6, 6.07) is 21.6. The fraction of sp³-hybridized carbons (Fsp3) is 0.475. The average molecular weight is 712 g/mol. The van der Waals surface area contributed by atoms with Crippen molar-refractivity contribution < 1.29 is 33.7 Å². The summed E-state index contributed by atoms with van der Waals surface area (Å²) in [6.45, 7) is 8.31. The number of nitrogens with zero attached hydrogens (tertiary/aromatic N) is 3. The van der Waals surface area contributed by atoms with E-state index in [1.165, 1.54) is 5.19 Å². The number of methoxy groups -OCH3 is 2. The largest absolute Gasteiger partial charge is 0.497 e. The number of hydrogen-bond acceptors (Lipinski definition) is 7. The Morgan fingerprint density at radius 3 is 2.31 bits per heavy atom. The summed E-state index contributed by atoms with van der Waals surface area (Å²) in [5, 5.41) is 11.2. The van der Waals surface area contributed by atoms with Crippen molar-refractivity contribution in [3.05, 3.63) is 77.9 Å². The molecule has 0 aliphatic carbocycles. The SMILES string of the molecule is COc1ccc([Si](C)(C)[C@H]2[C@H](CC(=O)N3CCC[C@H]3CO)O[C@@]3(C(=O)N(Cc4ccc(N5CCCC5=O)cc4)c4ccc(OC)cc43)[C@@H]2C)cc1. The molecule has 4 aliphatic heterocycles. The van der Waals surface area contributed by atoms with Crippen molar-refractivity contribution in [2.24, 2.45) is 5.92 Å². The molecule has 3 amide bonds. The molecule has 4 aliphatic rings. The Bertz CT molecular complexity index is 1800. The van der Waals surface area contributed by atoms with Gasteiger partial charge in [0.15, 0.2) is 5.60 Å². The molecule has 11 heteroatoms.